The van der Waals surface area contributed by atoms with Crippen molar-refractivity contribution in [3.8, 4) is 5.88 Å². The fourth-order valence-electron chi connectivity index (χ4n) is 4.58. The Hall–Kier alpha value is -2.89. The van der Waals surface area contributed by atoms with Gasteiger partial charge in [0.1, 0.15) is 6.04 Å². The summed E-state index contributed by atoms with van der Waals surface area (Å²) in [6.45, 7) is 10.2. The number of methoxy groups -OCH3 is 1. The molecule has 1 fully saturated rings. The summed E-state index contributed by atoms with van der Waals surface area (Å²) in [5.41, 5.74) is 5.72. The molecule has 0 amide bonds. The maximum absolute atomic E-state index is 14.7. The van der Waals surface area contributed by atoms with Gasteiger partial charge in [0.2, 0.25) is 11.8 Å². The van der Waals surface area contributed by atoms with Crippen LogP contribution >= 0.6 is 19.5 Å². The Labute approximate surface area is 276 Å². The van der Waals surface area contributed by atoms with Crippen LogP contribution in [0.2, 0.25) is 0 Å². The SMILES string of the molecule is CCOc1nc(N)nc2c1ncn2[C@@H]1O[C@H](COP(=O)(N[C@H](C(=O)OC)C(C)C)OCCSC(=O)C(C)(C)C)[C@@H](CF)[C@H]1OC(C)=O. The number of esters is 2. The number of anilines is 1. The summed E-state index contributed by atoms with van der Waals surface area (Å²) in [7, 11) is -3.15. The van der Waals surface area contributed by atoms with E-state index in [0.717, 1.165) is 11.8 Å². The van der Waals surface area contributed by atoms with Crippen molar-refractivity contribution in [2.45, 2.75) is 72.9 Å². The third-order valence-electron chi connectivity index (χ3n) is 6.95. The van der Waals surface area contributed by atoms with E-state index in [9.17, 15) is 23.3 Å². The predicted octanol–water partition coefficient (Wildman–Crippen LogP) is 3.46. The highest BCUT2D eigenvalue weighted by atomic mass is 32.2. The van der Waals surface area contributed by atoms with Crippen LogP contribution in [-0.2, 0) is 42.2 Å². The molecule has 0 bridgehead atoms. The Morgan fingerprint density at radius 3 is 2.51 bits per heavy atom. The van der Waals surface area contributed by atoms with Crippen molar-refractivity contribution in [3.05, 3.63) is 6.33 Å². The number of carbonyl (C=O) groups excluding carboxylic acids is 3. The quantitative estimate of drug-likeness (QED) is 0.146. The first-order chi connectivity index (χ1) is 22.0. The third-order valence-corrected chi connectivity index (χ3v) is 9.81. The Morgan fingerprint density at radius 1 is 1.23 bits per heavy atom. The highest BCUT2D eigenvalue weighted by Crippen LogP contribution is 2.47. The molecule has 16 nitrogen and oxygen atoms in total. The number of nitrogens with two attached hydrogens (primary N) is 1. The summed E-state index contributed by atoms with van der Waals surface area (Å²) < 4.78 is 63.7. The second-order valence-electron chi connectivity index (χ2n) is 12.0. The number of ether oxygens (including phenoxy) is 4. The predicted molar refractivity (Wildman–Crippen MR) is 170 cm³/mol. The van der Waals surface area contributed by atoms with Crippen molar-refractivity contribution < 1.29 is 51.3 Å². The fraction of sp³-hybridized carbons (Fsp3) is 0.714. The molecule has 0 aliphatic carbocycles. The van der Waals surface area contributed by atoms with E-state index in [1.54, 1.807) is 41.5 Å². The van der Waals surface area contributed by atoms with E-state index in [0.29, 0.717) is 0 Å². The number of rotatable bonds is 16. The molecule has 0 radical (unpaired) electrons. The molecular weight excluding hydrogens is 662 g/mol. The van der Waals surface area contributed by atoms with Gasteiger partial charge in [0.05, 0.1) is 52.0 Å². The standard InChI is InChI=1S/C28H44FN6O10PS/c1-9-41-23-20-22(32-27(30)33-23)35(14-31-20)24-21(44-16(4)36)17(12-29)18(45-24)13-43-46(39,34-19(15(2)3)25(37)40-8)42-10-11-47-26(38)28(5,6)7/h14-15,17-19,21,24H,9-13H2,1-8H3,(H,34,39)(H2,30,32,33)/t17-,18-,19+,21-,24-,46?/m1/s1. The third kappa shape index (κ3) is 9.83. The van der Waals surface area contributed by atoms with Crippen molar-refractivity contribution in [3.63, 3.8) is 0 Å². The fourth-order valence-corrected chi connectivity index (χ4v) is 7.14. The van der Waals surface area contributed by atoms with E-state index < -0.39 is 74.7 Å². The van der Waals surface area contributed by atoms with Gasteiger partial charge < -0.3 is 24.7 Å². The Balaban J connectivity index is 1.90. The van der Waals surface area contributed by atoms with Gasteiger partial charge in [-0.25, -0.2) is 14.6 Å². The number of nitrogens with zero attached hydrogens (tertiary/aromatic N) is 4. The van der Waals surface area contributed by atoms with Crippen molar-refractivity contribution in [2.75, 3.05) is 45.1 Å². The van der Waals surface area contributed by atoms with Gasteiger partial charge >= 0.3 is 19.7 Å². The van der Waals surface area contributed by atoms with Gasteiger partial charge in [-0.3, -0.25) is 32.4 Å². The minimum Gasteiger partial charge on any atom is -0.476 e. The monoisotopic (exact) mass is 706 g/mol. The molecule has 6 atom stereocenters. The highest BCUT2D eigenvalue weighted by molar-refractivity contribution is 8.13. The summed E-state index contributed by atoms with van der Waals surface area (Å²) in [5, 5.41) is 2.54. The highest BCUT2D eigenvalue weighted by Gasteiger charge is 2.49. The maximum Gasteiger partial charge on any atom is 0.406 e. The lowest BCUT2D eigenvalue weighted by Crippen LogP contribution is -2.41. The first-order valence-corrected chi connectivity index (χ1v) is 17.5. The first-order valence-electron chi connectivity index (χ1n) is 15.0. The molecule has 3 rings (SSSR count). The van der Waals surface area contributed by atoms with Crippen LogP contribution in [0.1, 0.15) is 54.7 Å². The first kappa shape index (κ1) is 38.6. The average Bonchev–Trinajstić information content (AvgIpc) is 3.56. The van der Waals surface area contributed by atoms with Gasteiger partial charge in [0.25, 0.3) is 0 Å². The number of nitrogen functional groups attached to an aromatic ring is 1. The Kier molecular flexibility index (Phi) is 13.5. The number of hydrogen-bond acceptors (Lipinski definition) is 15. The molecule has 0 spiro atoms. The van der Waals surface area contributed by atoms with Gasteiger partial charge in [-0.15, -0.1) is 0 Å². The molecule has 3 heterocycles. The molecule has 1 saturated heterocycles. The lowest BCUT2D eigenvalue weighted by molar-refractivity contribution is -0.154. The number of nitrogens with one attached hydrogen (secondary N) is 1. The smallest absolute Gasteiger partial charge is 0.406 e. The molecule has 0 aromatic carbocycles. The number of carbonyl (C=O) groups is 3. The molecule has 3 N–H and O–H groups in total. The van der Waals surface area contributed by atoms with Gasteiger partial charge in [-0.05, 0) is 12.8 Å². The van der Waals surface area contributed by atoms with Crippen LogP contribution in [0.25, 0.3) is 11.2 Å². The molecule has 264 valence electrons. The minimum absolute atomic E-state index is 0.0976. The number of thioether (sulfide) groups is 1. The van der Waals surface area contributed by atoms with Crippen molar-refractivity contribution in [1.29, 1.82) is 0 Å². The van der Waals surface area contributed by atoms with Gasteiger partial charge in [0.15, 0.2) is 28.6 Å². The molecule has 2 aromatic rings. The normalized spacial score (nSPS) is 21.8. The van der Waals surface area contributed by atoms with Gasteiger partial charge in [-0.2, -0.15) is 9.97 Å². The van der Waals surface area contributed by atoms with E-state index in [1.807, 2.05) is 0 Å². The molecule has 1 aliphatic rings. The summed E-state index contributed by atoms with van der Waals surface area (Å²) in [6, 6.07) is -1.10. The molecule has 0 saturated carbocycles. The Bertz CT molecular complexity index is 1460. The van der Waals surface area contributed by atoms with Crippen LogP contribution in [-0.4, -0.2) is 94.2 Å². The molecular formula is C28H44FN6O10PS. The summed E-state index contributed by atoms with van der Waals surface area (Å²) >= 11 is 0.998. The largest absolute Gasteiger partial charge is 0.476 e. The van der Waals surface area contributed by atoms with Crippen LogP contribution < -0.4 is 15.6 Å². The van der Waals surface area contributed by atoms with E-state index >= 15 is 0 Å². The van der Waals surface area contributed by atoms with Crippen LogP contribution in [0.5, 0.6) is 5.88 Å². The molecule has 1 aliphatic heterocycles. The van der Waals surface area contributed by atoms with Crippen LogP contribution in [0.3, 0.4) is 0 Å². The summed E-state index contributed by atoms with van der Waals surface area (Å²) in [6.07, 6.45) is -2.14. The zero-order valence-electron chi connectivity index (χ0n) is 27.8. The van der Waals surface area contributed by atoms with Crippen molar-refractivity contribution in [2.24, 2.45) is 17.3 Å². The zero-order valence-corrected chi connectivity index (χ0v) is 29.5. The second kappa shape index (κ2) is 16.5. The van der Waals surface area contributed by atoms with Gasteiger partial charge in [0, 0.05) is 18.1 Å². The van der Waals surface area contributed by atoms with E-state index in [4.69, 9.17) is 33.7 Å². The molecule has 47 heavy (non-hydrogen) atoms. The lowest BCUT2D eigenvalue weighted by Gasteiger charge is -2.27. The number of alkyl halides is 1. The number of fused-ring (bicyclic) bond motifs is 1. The topological polar surface area (TPSA) is 205 Å². The van der Waals surface area contributed by atoms with Crippen molar-refractivity contribution >= 4 is 53.7 Å². The van der Waals surface area contributed by atoms with E-state index in [-0.39, 0.29) is 47.1 Å². The average molecular weight is 707 g/mol. The lowest BCUT2D eigenvalue weighted by atomic mass is 10.00. The van der Waals surface area contributed by atoms with E-state index in [2.05, 4.69) is 20.0 Å². The molecule has 19 heteroatoms. The number of hydrogen-bond donors (Lipinski definition) is 2. The number of aromatic nitrogens is 4. The number of imidazole rings is 1. The summed E-state index contributed by atoms with van der Waals surface area (Å²) in [4.78, 5) is 49.6. The van der Waals surface area contributed by atoms with Crippen LogP contribution in [0.15, 0.2) is 6.33 Å². The number of halogens is 1. The molecule has 1 unspecified atom stereocenters. The van der Waals surface area contributed by atoms with Crippen LogP contribution in [0, 0.1) is 17.3 Å². The molecule has 2 aromatic heterocycles. The summed E-state index contributed by atoms with van der Waals surface area (Å²) in [5.74, 6) is -2.77. The van der Waals surface area contributed by atoms with Gasteiger partial charge in [-0.1, -0.05) is 46.4 Å². The second-order valence-corrected chi connectivity index (χ2v) is 14.8. The Morgan fingerprint density at radius 2 is 1.94 bits per heavy atom. The maximum atomic E-state index is 14.7. The van der Waals surface area contributed by atoms with Crippen molar-refractivity contribution in [1.82, 2.24) is 24.6 Å². The van der Waals surface area contributed by atoms with Crippen LogP contribution in [0.4, 0.5) is 10.3 Å². The van der Waals surface area contributed by atoms with E-state index in [1.165, 1.54) is 24.9 Å². The minimum atomic E-state index is -4.33. The zero-order chi connectivity index (χ0) is 35.1.